The molecule has 0 aliphatic carbocycles. The SMILES string of the molecule is CCCCN1C(=O)c2cccn2S(=O)(=O)c2ccccc21. The second-order valence-corrected chi connectivity index (χ2v) is 6.76. The Balaban J connectivity index is 2.28. The van der Waals surface area contributed by atoms with Gasteiger partial charge in [0, 0.05) is 12.7 Å². The van der Waals surface area contributed by atoms with E-state index in [1.165, 1.54) is 6.20 Å². The van der Waals surface area contributed by atoms with Crippen LogP contribution in [-0.2, 0) is 10.0 Å². The van der Waals surface area contributed by atoms with Gasteiger partial charge in [0.15, 0.2) is 0 Å². The van der Waals surface area contributed by atoms with E-state index in [4.69, 9.17) is 0 Å². The molecular weight excluding hydrogens is 288 g/mol. The van der Waals surface area contributed by atoms with Crippen molar-refractivity contribution >= 4 is 21.6 Å². The van der Waals surface area contributed by atoms with Crippen molar-refractivity contribution in [3.05, 3.63) is 48.3 Å². The first kappa shape index (κ1) is 13.9. The van der Waals surface area contributed by atoms with Gasteiger partial charge in [-0.2, -0.15) is 0 Å². The van der Waals surface area contributed by atoms with Crippen LogP contribution in [-0.4, -0.2) is 24.8 Å². The highest BCUT2D eigenvalue weighted by molar-refractivity contribution is 7.90. The summed E-state index contributed by atoms with van der Waals surface area (Å²) in [6.45, 7) is 2.54. The highest BCUT2D eigenvalue weighted by Gasteiger charge is 2.34. The van der Waals surface area contributed by atoms with Crippen molar-refractivity contribution in [1.29, 1.82) is 0 Å². The third-order valence-corrected chi connectivity index (χ3v) is 5.34. The zero-order chi connectivity index (χ0) is 15.0. The van der Waals surface area contributed by atoms with Gasteiger partial charge in [0.25, 0.3) is 15.9 Å². The number of benzene rings is 1. The minimum absolute atomic E-state index is 0.171. The van der Waals surface area contributed by atoms with Crippen LogP contribution < -0.4 is 4.90 Å². The molecule has 1 aliphatic heterocycles. The predicted molar refractivity (Wildman–Crippen MR) is 80.0 cm³/mol. The average molecular weight is 304 g/mol. The maximum atomic E-state index is 12.7. The first-order valence-corrected chi connectivity index (χ1v) is 8.35. The molecule has 1 aromatic heterocycles. The van der Waals surface area contributed by atoms with E-state index in [1.807, 2.05) is 6.92 Å². The number of hydrogen-bond acceptors (Lipinski definition) is 3. The van der Waals surface area contributed by atoms with E-state index in [1.54, 1.807) is 41.3 Å². The molecule has 2 aromatic rings. The molecule has 2 heterocycles. The molecule has 0 bridgehead atoms. The molecule has 1 amide bonds. The normalized spacial score (nSPS) is 16.2. The molecule has 0 spiro atoms. The summed E-state index contributed by atoms with van der Waals surface area (Å²) in [5.74, 6) is -0.276. The highest BCUT2D eigenvalue weighted by atomic mass is 32.2. The molecule has 1 aliphatic rings. The van der Waals surface area contributed by atoms with Gasteiger partial charge in [0.05, 0.1) is 5.69 Å². The number of carbonyl (C=O) groups is 1. The molecule has 6 heteroatoms. The molecule has 0 radical (unpaired) electrons. The lowest BCUT2D eigenvalue weighted by molar-refractivity contribution is 0.0981. The molecule has 0 unspecified atom stereocenters. The van der Waals surface area contributed by atoms with Crippen molar-refractivity contribution in [2.45, 2.75) is 24.7 Å². The molecule has 1 aromatic carbocycles. The molecule has 0 saturated heterocycles. The zero-order valence-corrected chi connectivity index (χ0v) is 12.5. The molecule has 0 atom stereocenters. The summed E-state index contributed by atoms with van der Waals surface area (Å²) in [6, 6.07) is 9.79. The van der Waals surface area contributed by atoms with Gasteiger partial charge in [-0.05, 0) is 30.7 Å². The Kier molecular flexibility index (Phi) is 3.33. The fourth-order valence-corrected chi connectivity index (χ4v) is 4.06. The van der Waals surface area contributed by atoms with Crippen LogP contribution in [0.2, 0.25) is 0 Å². The van der Waals surface area contributed by atoms with Crippen LogP contribution >= 0.6 is 0 Å². The monoisotopic (exact) mass is 304 g/mol. The summed E-state index contributed by atoms with van der Waals surface area (Å²) in [4.78, 5) is 14.4. The van der Waals surface area contributed by atoms with E-state index >= 15 is 0 Å². The van der Waals surface area contributed by atoms with Crippen LogP contribution in [0.4, 0.5) is 5.69 Å². The summed E-state index contributed by atoms with van der Waals surface area (Å²) in [5, 5.41) is 0. The maximum absolute atomic E-state index is 12.7. The minimum atomic E-state index is -3.73. The maximum Gasteiger partial charge on any atom is 0.275 e. The molecule has 3 rings (SSSR count). The third-order valence-electron chi connectivity index (χ3n) is 3.61. The van der Waals surface area contributed by atoms with Crippen LogP contribution in [0, 0.1) is 0 Å². The summed E-state index contributed by atoms with van der Waals surface area (Å²) < 4.78 is 26.5. The Morgan fingerprint density at radius 3 is 2.62 bits per heavy atom. The summed E-state index contributed by atoms with van der Waals surface area (Å²) >= 11 is 0. The number of hydrogen-bond donors (Lipinski definition) is 0. The van der Waals surface area contributed by atoms with E-state index < -0.39 is 10.0 Å². The smallest absolute Gasteiger partial charge is 0.275 e. The lowest BCUT2D eigenvalue weighted by Crippen LogP contribution is -2.32. The van der Waals surface area contributed by atoms with Crippen molar-refractivity contribution in [1.82, 2.24) is 3.97 Å². The second kappa shape index (κ2) is 5.04. The van der Waals surface area contributed by atoms with E-state index in [9.17, 15) is 13.2 Å². The van der Waals surface area contributed by atoms with Crippen molar-refractivity contribution in [3.8, 4) is 0 Å². The third kappa shape index (κ3) is 2.06. The van der Waals surface area contributed by atoms with E-state index in [0.717, 1.165) is 16.8 Å². The van der Waals surface area contributed by atoms with Crippen LogP contribution in [0.3, 0.4) is 0 Å². The van der Waals surface area contributed by atoms with E-state index in [0.29, 0.717) is 12.2 Å². The Bertz CT molecular complexity index is 793. The van der Waals surface area contributed by atoms with Gasteiger partial charge in [0.1, 0.15) is 10.6 Å². The summed E-state index contributed by atoms with van der Waals surface area (Å²) in [6.07, 6.45) is 3.17. The molecular formula is C15H16N2O3S. The van der Waals surface area contributed by atoms with Gasteiger partial charge >= 0.3 is 0 Å². The van der Waals surface area contributed by atoms with Gasteiger partial charge in [-0.25, -0.2) is 12.4 Å². The number of unbranched alkanes of at least 4 members (excludes halogenated alkanes) is 1. The number of fused-ring (bicyclic) bond motifs is 2. The quantitative estimate of drug-likeness (QED) is 0.875. The summed E-state index contributed by atoms with van der Waals surface area (Å²) in [5.41, 5.74) is 0.641. The largest absolute Gasteiger partial charge is 0.306 e. The standard InChI is InChI=1S/C15H16N2O3S/c1-2-3-10-16-12-7-4-5-9-14(12)21(19,20)17-11-6-8-13(17)15(16)18/h4-9,11H,2-3,10H2,1H3. The number of rotatable bonds is 3. The van der Waals surface area contributed by atoms with Gasteiger partial charge in [0.2, 0.25) is 0 Å². The van der Waals surface area contributed by atoms with Crippen molar-refractivity contribution in [2.24, 2.45) is 0 Å². The predicted octanol–water partition coefficient (Wildman–Crippen LogP) is 2.49. The second-order valence-electron chi connectivity index (χ2n) is 4.97. The van der Waals surface area contributed by atoms with Crippen LogP contribution in [0.5, 0.6) is 0 Å². The van der Waals surface area contributed by atoms with Crippen molar-refractivity contribution in [3.63, 3.8) is 0 Å². The van der Waals surface area contributed by atoms with E-state index in [2.05, 4.69) is 0 Å². The molecule has 0 fully saturated rings. The number of nitrogens with zero attached hydrogens (tertiary/aromatic N) is 2. The van der Waals surface area contributed by atoms with Gasteiger partial charge in [-0.15, -0.1) is 0 Å². The highest BCUT2D eigenvalue weighted by Crippen LogP contribution is 2.32. The number of aromatic nitrogens is 1. The van der Waals surface area contributed by atoms with Gasteiger partial charge in [-0.1, -0.05) is 25.5 Å². The number of amides is 1. The van der Waals surface area contributed by atoms with Crippen LogP contribution in [0.25, 0.3) is 0 Å². The number of para-hydroxylation sites is 1. The topological polar surface area (TPSA) is 59.4 Å². The van der Waals surface area contributed by atoms with Crippen molar-refractivity contribution in [2.75, 3.05) is 11.4 Å². The minimum Gasteiger partial charge on any atom is -0.306 e. The average Bonchev–Trinajstić information content (AvgIpc) is 2.95. The lowest BCUT2D eigenvalue weighted by atomic mass is 10.2. The summed E-state index contributed by atoms with van der Waals surface area (Å²) in [7, 11) is -3.73. The van der Waals surface area contributed by atoms with E-state index in [-0.39, 0.29) is 16.5 Å². The first-order chi connectivity index (χ1) is 10.1. The molecule has 110 valence electrons. The Labute approximate surface area is 123 Å². The fourth-order valence-electron chi connectivity index (χ4n) is 2.53. The van der Waals surface area contributed by atoms with Gasteiger partial charge in [-0.3, -0.25) is 4.79 Å². The zero-order valence-electron chi connectivity index (χ0n) is 11.7. The Morgan fingerprint density at radius 2 is 1.86 bits per heavy atom. The molecule has 0 saturated carbocycles. The van der Waals surface area contributed by atoms with Gasteiger partial charge < -0.3 is 4.90 Å². The fraction of sp³-hybridized carbons (Fsp3) is 0.267. The molecule has 21 heavy (non-hydrogen) atoms. The molecule has 0 N–H and O–H groups in total. The van der Waals surface area contributed by atoms with Crippen molar-refractivity contribution < 1.29 is 13.2 Å². The number of anilines is 1. The van der Waals surface area contributed by atoms with Crippen LogP contribution in [0.1, 0.15) is 30.3 Å². The van der Waals surface area contributed by atoms with Crippen LogP contribution in [0.15, 0.2) is 47.5 Å². The first-order valence-electron chi connectivity index (χ1n) is 6.91. The lowest BCUT2D eigenvalue weighted by Gasteiger charge is -2.21. The Hall–Kier alpha value is -2.08. The number of carbonyl (C=O) groups excluding carboxylic acids is 1. The Morgan fingerprint density at radius 1 is 1.10 bits per heavy atom. The molecule has 5 nitrogen and oxygen atoms in total.